The molecule has 0 aliphatic carbocycles. The second-order valence-corrected chi connectivity index (χ2v) is 9.36. The number of carbonyl (C=O) groups is 1. The van der Waals surface area contributed by atoms with Gasteiger partial charge in [0.2, 0.25) is 5.95 Å². The first-order valence-corrected chi connectivity index (χ1v) is 12.4. The van der Waals surface area contributed by atoms with Crippen LogP contribution in [0.2, 0.25) is 0 Å². The molecular weight excluding hydrogens is 464 g/mol. The molecule has 35 heavy (non-hydrogen) atoms. The van der Waals surface area contributed by atoms with Gasteiger partial charge in [-0.15, -0.1) is 11.3 Å². The molecular formula is C25H28N6O3S. The van der Waals surface area contributed by atoms with Crippen LogP contribution in [-0.2, 0) is 4.79 Å². The minimum Gasteiger partial charge on any atom is -0.493 e. The molecule has 3 aromatic rings. The van der Waals surface area contributed by atoms with Crippen molar-refractivity contribution in [1.29, 1.82) is 0 Å². The fourth-order valence-corrected chi connectivity index (χ4v) is 5.20. The average Bonchev–Trinajstić information content (AvgIpc) is 3.60. The van der Waals surface area contributed by atoms with Gasteiger partial charge in [-0.25, -0.2) is 15.0 Å². The molecule has 9 nitrogen and oxygen atoms in total. The molecule has 5 rings (SSSR count). The van der Waals surface area contributed by atoms with Crippen molar-refractivity contribution in [2.75, 3.05) is 51.8 Å². The molecule has 182 valence electrons. The number of anilines is 1. The number of amides is 1. The molecule has 1 saturated heterocycles. The predicted molar refractivity (Wildman–Crippen MR) is 135 cm³/mol. The van der Waals surface area contributed by atoms with Crippen LogP contribution in [-0.4, -0.2) is 78.4 Å². The quantitative estimate of drug-likeness (QED) is 0.501. The summed E-state index contributed by atoms with van der Waals surface area (Å²) in [6, 6.07) is 11.5. The molecule has 1 fully saturated rings. The maximum atomic E-state index is 13.5. The first-order valence-electron chi connectivity index (χ1n) is 11.6. The Morgan fingerprint density at radius 2 is 1.80 bits per heavy atom. The van der Waals surface area contributed by atoms with Crippen LogP contribution in [0.15, 0.2) is 59.3 Å². The first-order chi connectivity index (χ1) is 17.2. The number of hydrogen-bond donors (Lipinski definition) is 0. The van der Waals surface area contributed by atoms with Crippen molar-refractivity contribution in [3.8, 4) is 11.5 Å². The van der Waals surface area contributed by atoms with E-state index in [1.165, 1.54) is 0 Å². The van der Waals surface area contributed by atoms with Gasteiger partial charge in [-0.3, -0.25) is 9.69 Å². The van der Waals surface area contributed by atoms with Gasteiger partial charge in [0, 0.05) is 45.0 Å². The molecule has 10 heteroatoms. The lowest BCUT2D eigenvalue weighted by atomic mass is 10.0. The maximum Gasteiger partial charge on any atom is 0.257 e. The van der Waals surface area contributed by atoms with Crippen molar-refractivity contribution >= 4 is 28.9 Å². The Kier molecular flexibility index (Phi) is 6.91. The van der Waals surface area contributed by atoms with Gasteiger partial charge < -0.3 is 14.4 Å². The van der Waals surface area contributed by atoms with Gasteiger partial charge in [-0.1, -0.05) is 12.1 Å². The number of aromatic nitrogens is 2. The second kappa shape index (κ2) is 10.4. The van der Waals surface area contributed by atoms with E-state index in [0.29, 0.717) is 24.5 Å². The number of carbonyl (C=O) groups excluding carboxylic acids is 1. The van der Waals surface area contributed by atoms with E-state index in [1.807, 2.05) is 41.8 Å². The summed E-state index contributed by atoms with van der Waals surface area (Å²) >= 11 is 1.64. The third-order valence-electron chi connectivity index (χ3n) is 6.33. The Balaban J connectivity index is 1.32. The first kappa shape index (κ1) is 23.3. The molecule has 1 atom stereocenters. The molecule has 0 radical (unpaired) electrons. The fourth-order valence-electron chi connectivity index (χ4n) is 4.48. The molecule has 1 amide bonds. The van der Waals surface area contributed by atoms with Crippen LogP contribution in [0.1, 0.15) is 22.9 Å². The maximum absolute atomic E-state index is 13.5. The van der Waals surface area contributed by atoms with Crippen LogP contribution in [0, 0.1) is 0 Å². The Labute approximate surface area is 208 Å². The number of thiophene rings is 1. The van der Waals surface area contributed by atoms with Crippen molar-refractivity contribution in [3.05, 3.63) is 64.6 Å². The lowest BCUT2D eigenvalue weighted by Gasteiger charge is -2.35. The highest BCUT2D eigenvalue weighted by Crippen LogP contribution is 2.38. The van der Waals surface area contributed by atoms with Crippen LogP contribution in [0.25, 0.3) is 0 Å². The van der Waals surface area contributed by atoms with E-state index in [1.54, 1.807) is 43.0 Å². The predicted octanol–water partition coefficient (Wildman–Crippen LogP) is 3.06. The summed E-state index contributed by atoms with van der Waals surface area (Å²) in [4.78, 5) is 27.6. The molecule has 0 unspecified atom stereocenters. The number of hydrogen-bond acceptors (Lipinski definition) is 9. The largest absolute Gasteiger partial charge is 0.493 e. The van der Waals surface area contributed by atoms with Crippen molar-refractivity contribution in [1.82, 2.24) is 19.9 Å². The van der Waals surface area contributed by atoms with Crippen molar-refractivity contribution in [3.63, 3.8) is 0 Å². The Hall–Kier alpha value is -3.50. The van der Waals surface area contributed by atoms with Crippen LogP contribution in [0.5, 0.6) is 11.5 Å². The standard InChI is InChI=1S/C25H28N6O3S/c1-33-21-7-6-18(15-22(21)34-2)20-16-19(23-5-3-14-35-23)28-31(20)24(32)17-29-10-12-30(13-11-29)25-26-8-4-9-27-25/h3-9,14-15,20H,10-13,16-17H2,1-2H3/t20-/m0/s1. The van der Waals surface area contributed by atoms with Crippen LogP contribution >= 0.6 is 11.3 Å². The molecule has 2 aromatic heterocycles. The van der Waals surface area contributed by atoms with E-state index in [2.05, 4.69) is 19.8 Å². The van der Waals surface area contributed by atoms with Gasteiger partial charge in [0.1, 0.15) is 0 Å². The summed E-state index contributed by atoms with van der Waals surface area (Å²) in [5.74, 6) is 2.02. The summed E-state index contributed by atoms with van der Waals surface area (Å²) in [5.41, 5.74) is 1.90. The molecule has 0 N–H and O–H groups in total. The summed E-state index contributed by atoms with van der Waals surface area (Å²) in [6.45, 7) is 3.40. The SMILES string of the molecule is COc1ccc([C@@H]2CC(c3cccs3)=NN2C(=O)CN2CCN(c3ncccn3)CC2)cc1OC. The van der Waals surface area contributed by atoms with E-state index in [9.17, 15) is 4.79 Å². The number of piperazine rings is 1. The topological polar surface area (TPSA) is 83.4 Å². The van der Waals surface area contributed by atoms with E-state index < -0.39 is 0 Å². The van der Waals surface area contributed by atoms with Gasteiger partial charge in [0.25, 0.3) is 5.91 Å². The van der Waals surface area contributed by atoms with Gasteiger partial charge >= 0.3 is 0 Å². The van der Waals surface area contributed by atoms with Crippen molar-refractivity contribution < 1.29 is 14.3 Å². The number of benzene rings is 1. The second-order valence-electron chi connectivity index (χ2n) is 8.41. The third kappa shape index (κ3) is 4.98. The summed E-state index contributed by atoms with van der Waals surface area (Å²) < 4.78 is 10.9. The molecule has 0 bridgehead atoms. The monoisotopic (exact) mass is 492 g/mol. The van der Waals surface area contributed by atoms with E-state index in [4.69, 9.17) is 14.6 Å². The minimum atomic E-state index is -0.196. The Bertz CT molecular complexity index is 1180. The number of nitrogens with zero attached hydrogens (tertiary/aromatic N) is 6. The zero-order chi connectivity index (χ0) is 24.2. The highest BCUT2D eigenvalue weighted by Gasteiger charge is 2.35. The van der Waals surface area contributed by atoms with E-state index in [0.717, 1.165) is 48.3 Å². The zero-order valence-electron chi connectivity index (χ0n) is 19.8. The number of rotatable bonds is 7. The van der Waals surface area contributed by atoms with E-state index >= 15 is 0 Å². The summed E-state index contributed by atoms with van der Waals surface area (Å²) in [5, 5.41) is 8.48. The fraction of sp³-hybridized carbons (Fsp3) is 0.360. The van der Waals surface area contributed by atoms with Crippen LogP contribution in [0.3, 0.4) is 0 Å². The molecule has 1 aromatic carbocycles. The molecule has 0 spiro atoms. The smallest absolute Gasteiger partial charge is 0.257 e. The molecule has 2 aliphatic heterocycles. The van der Waals surface area contributed by atoms with Crippen LogP contribution in [0.4, 0.5) is 5.95 Å². The Morgan fingerprint density at radius 1 is 1.03 bits per heavy atom. The van der Waals surface area contributed by atoms with Gasteiger partial charge in [-0.2, -0.15) is 5.10 Å². The summed E-state index contributed by atoms with van der Waals surface area (Å²) in [6.07, 6.45) is 4.16. The average molecular weight is 493 g/mol. The highest BCUT2D eigenvalue weighted by atomic mass is 32.1. The third-order valence-corrected chi connectivity index (χ3v) is 7.25. The summed E-state index contributed by atoms with van der Waals surface area (Å²) in [7, 11) is 3.23. The molecule has 0 saturated carbocycles. The van der Waals surface area contributed by atoms with Crippen LogP contribution < -0.4 is 14.4 Å². The lowest BCUT2D eigenvalue weighted by Crippen LogP contribution is -2.50. The highest BCUT2D eigenvalue weighted by molar-refractivity contribution is 7.12. The number of hydrazone groups is 1. The lowest BCUT2D eigenvalue weighted by molar-refractivity contribution is -0.134. The van der Waals surface area contributed by atoms with Gasteiger partial charge in [-0.05, 0) is 35.2 Å². The van der Waals surface area contributed by atoms with Crippen molar-refractivity contribution in [2.45, 2.75) is 12.5 Å². The van der Waals surface area contributed by atoms with E-state index in [-0.39, 0.29) is 11.9 Å². The Morgan fingerprint density at radius 3 is 2.49 bits per heavy atom. The number of methoxy groups -OCH3 is 2. The molecule has 2 aliphatic rings. The normalized spacial score (nSPS) is 18.5. The van der Waals surface area contributed by atoms with Crippen molar-refractivity contribution in [2.24, 2.45) is 5.10 Å². The number of ether oxygens (including phenoxy) is 2. The molecule has 4 heterocycles. The van der Waals surface area contributed by atoms with Gasteiger partial charge in [0.05, 0.1) is 37.4 Å². The minimum absolute atomic E-state index is 0.0132. The van der Waals surface area contributed by atoms with Gasteiger partial charge in [0.15, 0.2) is 11.5 Å². The zero-order valence-corrected chi connectivity index (χ0v) is 20.6.